The van der Waals surface area contributed by atoms with Gasteiger partial charge in [0, 0.05) is 18.9 Å². The molecule has 6 nitrogen and oxygen atoms in total. The first-order valence-corrected chi connectivity index (χ1v) is 8.73. The molecule has 0 N–H and O–H groups in total. The number of anilines is 1. The van der Waals surface area contributed by atoms with E-state index in [9.17, 15) is 13.2 Å². The first-order valence-electron chi connectivity index (χ1n) is 7.12. The van der Waals surface area contributed by atoms with Crippen molar-refractivity contribution >= 4 is 21.7 Å². The van der Waals surface area contributed by atoms with Gasteiger partial charge in [0.1, 0.15) is 0 Å². The van der Waals surface area contributed by atoms with Gasteiger partial charge in [-0.15, -0.1) is 0 Å². The van der Waals surface area contributed by atoms with Gasteiger partial charge in [-0.1, -0.05) is 6.07 Å². The third-order valence-corrected chi connectivity index (χ3v) is 5.46. The van der Waals surface area contributed by atoms with E-state index >= 15 is 0 Å². The number of benzene rings is 1. The number of carbonyl (C=O) groups is 1. The number of fused-ring (bicyclic) bond motifs is 1. The van der Waals surface area contributed by atoms with Crippen molar-refractivity contribution in [3.05, 3.63) is 48.3 Å². The number of methoxy groups -OCH3 is 1. The summed E-state index contributed by atoms with van der Waals surface area (Å²) in [5.41, 5.74) is 3.62. The Morgan fingerprint density at radius 1 is 1.22 bits per heavy atom. The second-order valence-electron chi connectivity index (χ2n) is 5.23. The van der Waals surface area contributed by atoms with Gasteiger partial charge in [-0.05, 0) is 47.4 Å². The monoisotopic (exact) mass is 332 g/mol. The number of ether oxygens (including phenoxy) is 1. The molecule has 23 heavy (non-hydrogen) atoms. The molecule has 1 aliphatic rings. The van der Waals surface area contributed by atoms with Gasteiger partial charge in [0.15, 0.2) is 5.75 Å². The molecule has 2 aromatic rings. The Kier molecular flexibility index (Phi) is 4.04. The standard InChI is InChI=1S/C16H16N2O4S/c1-22-16(19)11-23(20,21)18-9-6-14-10-13(2-3-15(14)18)12-4-7-17-8-5-12/h2-5,7-8,10H,6,9,11H2,1H3. The van der Waals surface area contributed by atoms with E-state index < -0.39 is 21.7 Å². The van der Waals surface area contributed by atoms with Gasteiger partial charge in [-0.2, -0.15) is 0 Å². The largest absolute Gasteiger partial charge is 0.468 e. The molecule has 0 amide bonds. The van der Waals surface area contributed by atoms with Crippen molar-refractivity contribution < 1.29 is 17.9 Å². The van der Waals surface area contributed by atoms with Gasteiger partial charge >= 0.3 is 5.97 Å². The number of hydrogen-bond donors (Lipinski definition) is 0. The fourth-order valence-electron chi connectivity index (χ4n) is 2.67. The van der Waals surface area contributed by atoms with E-state index in [4.69, 9.17) is 0 Å². The first-order chi connectivity index (χ1) is 11.0. The number of aromatic nitrogens is 1. The lowest BCUT2D eigenvalue weighted by Gasteiger charge is -2.19. The van der Waals surface area contributed by atoms with Crippen LogP contribution in [0.3, 0.4) is 0 Å². The van der Waals surface area contributed by atoms with E-state index in [1.54, 1.807) is 18.5 Å². The maximum Gasteiger partial charge on any atom is 0.322 e. The average Bonchev–Trinajstić information content (AvgIpc) is 2.99. The number of esters is 1. The van der Waals surface area contributed by atoms with Crippen LogP contribution in [0, 0.1) is 0 Å². The Morgan fingerprint density at radius 2 is 1.96 bits per heavy atom. The Labute approximate surface area is 134 Å². The molecule has 1 aromatic heterocycles. The molecule has 7 heteroatoms. The number of nitrogens with zero attached hydrogens (tertiary/aromatic N) is 2. The average molecular weight is 332 g/mol. The van der Waals surface area contributed by atoms with Crippen LogP contribution >= 0.6 is 0 Å². The van der Waals surface area contributed by atoms with E-state index in [0.717, 1.165) is 16.7 Å². The van der Waals surface area contributed by atoms with Crippen molar-refractivity contribution in [3.8, 4) is 11.1 Å². The SMILES string of the molecule is COC(=O)CS(=O)(=O)N1CCc2cc(-c3ccncc3)ccc21. The lowest BCUT2D eigenvalue weighted by molar-refractivity contribution is -0.137. The molecule has 0 atom stereocenters. The molecule has 0 saturated heterocycles. The predicted molar refractivity (Wildman–Crippen MR) is 86.5 cm³/mol. The molecule has 0 spiro atoms. The second kappa shape index (κ2) is 6.00. The zero-order valence-corrected chi connectivity index (χ0v) is 13.4. The van der Waals surface area contributed by atoms with Crippen LogP contribution in [0.5, 0.6) is 0 Å². The summed E-state index contributed by atoms with van der Waals surface area (Å²) in [5.74, 6) is -1.40. The zero-order valence-electron chi connectivity index (χ0n) is 12.6. The number of carbonyl (C=O) groups excluding carboxylic acids is 1. The van der Waals surface area contributed by atoms with Gasteiger partial charge in [0.25, 0.3) is 0 Å². The summed E-state index contributed by atoms with van der Waals surface area (Å²) < 4.78 is 30.4. The number of pyridine rings is 1. The molecule has 0 radical (unpaired) electrons. The summed E-state index contributed by atoms with van der Waals surface area (Å²) in [7, 11) is -2.54. The molecule has 2 heterocycles. The Morgan fingerprint density at radius 3 is 2.65 bits per heavy atom. The van der Waals surface area contributed by atoms with Crippen molar-refractivity contribution in [2.75, 3.05) is 23.7 Å². The molecule has 3 rings (SSSR count). The molecule has 1 aliphatic heterocycles. The van der Waals surface area contributed by atoms with Gasteiger partial charge in [-0.3, -0.25) is 14.1 Å². The van der Waals surface area contributed by atoms with E-state index in [2.05, 4.69) is 9.72 Å². The third kappa shape index (κ3) is 3.05. The topological polar surface area (TPSA) is 76.6 Å². The van der Waals surface area contributed by atoms with E-state index in [0.29, 0.717) is 18.7 Å². The summed E-state index contributed by atoms with van der Waals surface area (Å²) >= 11 is 0. The van der Waals surface area contributed by atoms with Crippen LogP contribution in [-0.2, 0) is 26.0 Å². The minimum Gasteiger partial charge on any atom is -0.468 e. The predicted octanol–water partition coefficient (Wildman–Crippen LogP) is 1.61. The molecule has 0 saturated carbocycles. The fourth-order valence-corrected chi connectivity index (χ4v) is 4.09. The van der Waals surface area contributed by atoms with Crippen LogP contribution in [0.1, 0.15) is 5.56 Å². The van der Waals surface area contributed by atoms with Crippen molar-refractivity contribution in [3.63, 3.8) is 0 Å². The van der Waals surface area contributed by atoms with Crippen molar-refractivity contribution in [1.82, 2.24) is 4.98 Å². The summed E-state index contributed by atoms with van der Waals surface area (Å²) in [6.45, 7) is 0.342. The highest BCUT2D eigenvalue weighted by Crippen LogP contribution is 2.34. The van der Waals surface area contributed by atoms with Crippen LogP contribution in [-0.4, -0.2) is 38.8 Å². The zero-order chi connectivity index (χ0) is 16.4. The molecule has 0 fully saturated rings. The molecular weight excluding hydrogens is 316 g/mol. The molecule has 0 bridgehead atoms. The summed E-state index contributed by atoms with van der Waals surface area (Å²) in [6, 6.07) is 9.45. The number of hydrogen-bond acceptors (Lipinski definition) is 5. The molecule has 120 valence electrons. The van der Waals surface area contributed by atoms with Crippen LogP contribution in [0.4, 0.5) is 5.69 Å². The minimum atomic E-state index is -3.71. The summed E-state index contributed by atoms with van der Waals surface area (Å²) in [6.07, 6.45) is 4.06. The minimum absolute atomic E-state index is 0.342. The molecular formula is C16H16N2O4S. The first kappa shape index (κ1) is 15.5. The highest BCUT2D eigenvalue weighted by Gasteiger charge is 2.31. The molecule has 0 aliphatic carbocycles. The van der Waals surface area contributed by atoms with Crippen molar-refractivity contribution in [2.45, 2.75) is 6.42 Å². The van der Waals surface area contributed by atoms with Crippen LogP contribution < -0.4 is 4.31 Å². The summed E-state index contributed by atoms with van der Waals surface area (Å²) in [4.78, 5) is 15.3. The van der Waals surface area contributed by atoms with E-state index in [1.807, 2.05) is 24.3 Å². The van der Waals surface area contributed by atoms with Crippen molar-refractivity contribution in [1.29, 1.82) is 0 Å². The fraction of sp³-hybridized carbons (Fsp3) is 0.250. The lowest BCUT2D eigenvalue weighted by atomic mass is 10.0. The van der Waals surface area contributed by atoms with Gasteiger partial charge in [-0.25, -0.2) is 8.42 Å². The Bertz CT molecular complexity index is 834. The third-order valence-electron chi connectivity index (χ3n) is 3.81. The van der Waals surface area contributed by atoms with Gasteiger partial charge < -0.3 is 4.74 Å². The Balaban J connectivity index is 1.91. The van der Waals surface area contributed by atoms with E-state index in [1.165, 1.54) is 11.4 Å². The smallest absolute Gasteiger partial charge is 0.322 e. The quantitative estimate of drug-likeness (QED) is 0.795. The number of rotatable bonds is 4. The van der Waals surface area contributed by atoms with E-state index in [-0.39, 0.29) is 0 Å². The second-order valence-corrected chi connectivity index (χ2v) is 7.13. The summed E-state index contributed by atoms with van der Waals surface area (Å²) in [5, 5.41) is 0. The lowest BCUT2D eigenvalue weighted by Crippen LogP contribution is -2.34. The molecule has 1 aromatic carbocycles. The maximum absolute atomic E-state index is 12.3. The van der Waals surface area contributed by atoms with Crippen LogP contribution in [0.15, 0.2) is 42.7 Å². The molecule has 0 unspecified atom stereocenters. The highest BCUT2D eigenvalue weighted by molar-refractivity contribution is 7.93. The van der Waals surface area contributed by atoms with Gasteiger partial charge in [0.2, 0.25) is 10.0 Å². The van der Waals surface area contributed by atoms with Crippen LogP contribution in [0.2, 0.25) is 0 Å². The Hall–Kier alpha value is -2.41. The van der Waals surface area contributed by atoms with Crippen LogP contribution in [0.25, 0.3) is 11.1 Å². The maximum atomic E-state index is 12.3. The van der Waals surface area contributed by atoms with Gasteiger partial charge in [0.05, 0.1) is 12.8 Å². The highest BCUT2D eigenvalue weighted by atomic mass is 32.2. The normalized spacial score (nSPS) is 13.7. The number of sulfonamides is 1. The van der Waals surface area contributed by atoms with Crippen molar-refractivity contribution in [2.24, 2.45) is 0 Å².